The van der Waals surface area contributed by atoms with E-state index in [1.165, 1.54) is 0 Å². The summed E-state index contributed by atoms with van der Waals surface area (Å²) < 4.78 is 0. The van der Waals surface area contributed by atoms with Crippen molar-refractivity contribution in [2.24, 2.45) is 5.41 Å². The minimum Gasteiger partial charge on any atom is -0.106 e. The molecular formula is C8H14. The summed E-state index contributed by atoms with van der Waals surface area (Å²) in [5, 5.41) is 0. The first-order valence-electron chi connectivity index (χ1n) is 3.06. The Hall–Kier alpha value is -0.440. The molecule has 0 N–H and O–H groups in total. The van der Waals surface area contributed by atoms with Crippen LogP contribution in [0.4, 0.5) is 0 Å². The second-order valence-electron chi connectivity index (χ2n) is 2.61. The summed E-state index contributed by atoms with van der Waals surface area (Å²) >= 11 is 0. The Bertz CT molecular complexity index is 110. The normalized spacial score (nSPS) is 10.0. The highest BCUT2D eigenvalue weighted by Crippen LogP contribution is 2.16. The van der Waals surface area contributed by atoms with Crippen LogP contribution in [0.1, 0.15) is 34.1 Å². The Morgan fingerprint density at radius 2 is 1.88 bits per heavy atom. The highest BCUT2D eigenvalue weighted by Gasteiger charge is 2.08. The monoisotopic (exact) mass is 110 g/mol. The van der Waals surface area contributed by atoms with Crippen LogP contribution >= 0.6 is 0 Å². The second-order valence-corrected chi connectivity index (χ2v) is 2.61. The average molecular weight is 110 g/mol. The van der Waals surface area contributed by atoms with Crippen LogP contribution in [0.25, 0.3) is 0 Å². The van der Waals surface area contributed by atoms with Gasteiger partial charge in [0, 0.05) is 5.41 Å². The first-order valence-corrected chi connectivity index (χ1v) is 3.06. The molecule has 0 aliphatic carbocycles. The first kappa shape index (κ1) is 7.56. The summed E-state index contributed by atoms with van der Waals surface area (Å²) in [6, 6.07) is 0. The third-order valence-electron chi connectivity index (χ3n) is 1.35. The molecule has 0 heterocycles. The van der Waals surface area contributed by atoms with Gasteiger partial charge in [-0.2, -0.15) is 0 Å². The smallest absolute Gasteiger partial charge is 0.0255 e. The van der Waals surface area contributed by atoms with E-state index >= 15 is 0 Å². The lowest BCUT2D eigenvalue weighted by molar-refractivity contribution is 0.484. The van der Waals surface area contributed by atoms with Gasteiger partial charge in [0.2, 0.25) is 0 Å². The molecule has 0 nitrogen and oxygen atoms in total. The molecule has 0 bridgehead atoms. The van der Waals surface area contributed by atoms with Crippen molar-refractivity contribution in [2.75, 3.05) is 0 Å². The minimum absolute atomic E-state index is 0.231. The lowest BCUT2D eigenvalue weighted by Crippen LogP contribution is -2.04. The summed E-state index contributed by atoms with van der Waals surface area (Å²) in [5.74, 6) is 6.03. The van der Waals surface area contributed by atoms with Crippen molar-refractivity contribution >= 4 is 0 Å². The van der Waals surface area contributed by atoms with Gasteiger partial charge in [-0.1, -0.05) is 12.8 Å². The van der Waals surface area contributed by atoms with Crippen LogP contribution in [0.5, 0.6) is 0 Å². The molecular weight excluding hydrogens is 96.1 g/mol. The van der Waals surface area contributed by atoms with Crippen molar-refractivity contribution < 1.29 is 0 Å². The van der Waals surface area contributed by atoms with E-state index in [4.69, 9.17) is 0 Å². The predicted molar refractivity (Wildman–Crippen MR) is 37.5 cm³/mol. The van der Waals surface area contributed by atoms with E-state index in [0.717, 1.165) is 6.42 Å². The molecule has 0 amide bonds. The maximum absolute atomic E-state index is 3.12. The third-order valence-corrected chi connectivity index (χ3v) is 1.35. The van der Waals surface area contributed by atoms with E-state index in [0.29, 0.717) is 0 Å². The summed E-state index contributed by atoms with van der Waals surface area (Å²) in [4.78, 5) is 0. The first-order chi connectivity index (χ1) is 3.62. The van der Waals surface area contributed by atoms with Gasteiger partial charge in [0.15, 0.2) is 0 Å². The highest BCUT2D eigenvalue weighted by atomic mass is 14.1. The molecule has 0 aromatic heterocycles. The molecule has 0 aromatic carbocycles. The molecule has 0 saturated heterocycles. The minimum atomic E-state index is 0.231. The molecule has 0 aliphatic heterocycles. The van der Waals surface area contributed by atoms with E-state index in [1.807, 2.05) is 6.92 Å². The fraction of sp³-hybridized carbons (Fsp3) is 0.750. The standard InChI is InChI=1S/C8H14/c1-5-7-8(3,4)6-2/h6H2,1-4H3. The van der Waals surface area contributed by atoms with Crippen molar-refractivity contribution in [1.82, 2.24) is 0 Å². The molecule has 0 atom stereocenters. The zero-order valence-corrected chi connectivity index (χ0v) is 6.21. The Morgan fingerprint density at radius 1 is 1.38 bits per heavy atom. The fourth-order valence-corrected chi connectivity index (χ4v) is 0.427. The van der Waals surface area contributed by atoms with Crippen LogP contribution in [0.3, 0.4) is 0 Å². The average Bonchev–Trinajstić information content (AvgIpc) is 1.67. The second kappa shape index (κ2) is 2.77. The molecule has 0 heteroatoms. The van der Waals surface area contributed by atoms with Gasteiger partial charge in [0.25, 0.3) is 0 Å². The molecule has 0 aromatic rings. The molecule has 0 aliphatic rings. The van der Waals surface area contributed by atoms with Crippen molar-refractivity contribution in [3.8, 4) is 11.8 Å². The van der Waals surface area contributed by atoms with Crippen LogP contribution in [0.15, 0.2) is 0 Å². The van der Waals surface area contributed by atoms with E-state index in [-0.39, 0.29) is 5.41 Å². The van der Waals surface area contributed by atoms with Gasteiger partial charge in [0.1, 0.15) is 0 Å². The van der Waals surface area contributed by atoms with Gasteiger partial charge >= 0.3 is 0 Å². The van der Waals surface area contributed by atoms with Crippen molar-refractivity contribution in [3.05, 3.63) is 0 Å². The maximum Gasteiger partial charge on any atom is 0.0255 e. The Labute approximate surface area is 52.3 Å². The summed E-state index contributed by atoms with van der Waals surface area (Å²) in [5.41, 5.74) is 0.231. The number of hydrogen-bond donors (Lipinski definition) is 0. The van der Waals surface area contributed by atoms with E-state index in [1.54, 1.807) is 0 Å². The molecule has 0 spiro atoms. The zero-order chi connectivity index (χ0) is 6.62. The van der Waals surface area contributed by atoms with Gasteiger partial charge in [-0.25, -0.2) is 0 Å². The zero-order valence-electron chi connectivity index (χ0n) is 6.21. The van der Waals surface area contributed by atoms with Crippen molar-refractivity contribution in [3.63, 3.8) is 0 Å². The molecule has 0 radical (unpaired) electrons. The molecule has 46 valence electrons. The fourth-order valence-electron chi connectivity index (χ4n) is 0.427. The molecule has 0 saturated carbocycles. The van der Waals surface area contributed by atoms with Gasteiger partial charge < -0.3 is 0 Å². The van der Waals surface area contributed by atoms with Gasteiger partial charge in [-0.15, -0.1) is 5.92 Å². The quantitative estimate of drug-likeness (QED) is 0.455. The number of rotatable bonds is 1. The van der Waals surface area contributed by atoms with Gasteiger partial charge in [-0.3, -0.25) is 0 Å². The lowest BCUT2D eigenvalue weighted by atomic mass is 9.91. The Morgan fingerprint density at radius 3 is 2.00 bits per heavy atom. The lowest BCUT2D eigenvalue weighted by Gasteiger charge is -2.12. The van der Waals surface area contributed by atoms with Crippen LogP contribution < -0.4 is 0 Å². The summed E-state index contributed by atoms with van der Waals surface area (Å²) in [7, 11) is 0. The van der Waals surface area contributed by atoms with Crippen molar-refractivity contribution in [2.45, 2.75) is 34.1 Å². The van der Waals surface area contributed by atoms with E-state index < -0.39 is 0 Å². The molecule has 0 unspecified atom stereocenters. The van der Waals surface area contributed by atoms with E-state index in [9.17, 15) is 0 Å². The highest BCUT2D eigenvalue weighted by molar-refractivity contribution is 5.05. The van der Waals surface area contributed by atoms with Crippen LogP contribution in [-0.4, -0.2) is 0 Å². The van der Waals surface area contributed by atoms with Gasteiger partial charge in [0.05, 0.1) is 0 Å². The SMILES string of the molecule is CC#CC(C)(C)CC. The van der Waals surface area contributed by atoms with Crippen molar-refractivity contribution in [1.29, 1.82) is 0 Å². The molecule has 0 fully saturated rings. The maximum atomic E-state index is 3.12. The van der Waals surface area contributed by atoms with Crippen LogP contribution in [0, 0.1) is 17.3 Å². The Balaban J connectivity index is 3.85. The summed E-state index contributed by atoms with van der Waals surface area (Å²) in [6.07, 6.45) is 1.13. The van der Waals surface area contributed by atoms with Crippen LogP contribution in [-0.2, 0) is 0 Å². The predicted octanol–water partition coefficient (Wildman–Crippen LogP) is 2.45. The molecule has 0 rings (SSSR count). The van der Waals surface area contributed by atoms with Crippen LogP contribution in [0.2, 0.25) is 0 Å². The van der Waals surface area contributed by atoms with Gasteiger partial charge in [-0.05, 0) is 27.2 Å². The topological polar surface area (TPSA) is 0 Å². The Kier molecular flexibility index (Phi) is 2.62. The largest absolute Gasteiger partial charge is 0.106 e. The third kappa shape index (κ3) is 2.69. The number of hydrogen-bond acceptors (Lipinski definition) is 0. The molecule has 8 heavy (non-hydrogen) atoms. The van der Waals surface area contributed by atoms with E-state index in [2.05, 4.69) is 32.6 Å². The summed E-state index contributed by atoms with van der Waals surface area (Å²) in [6.45, 7) is 8.36.